The summed E-state index contributed by atoms with van der Waals surface area (Å²) >= 11 is 6.04. The smallest absolute Gasteiger partial charge is 0.308 e. The molecule has 3 aromatic carbocycles. The van der Waals surface area contributed by atoms with Crippen molar-refractivity contribution in [3.8, 4) is 0 Å². The summed E-state index contributed by atoms with van der Waals surface area (Å²) in [6.45, 7) is -0.433. The highest BCUT2D eigenvalue weighted by Gasteiger charge is 2.17. The van der Waals surface area contributed by atoms with Crippen LogP contribution in [0.1, 0.15) is 27.9 Å². The molecule has 8 heteroatoms. The third-order valence-corrected chi connectivity index (χ3v) is 4.99. The van der Waals surface area contributed by atoms with Crippen molar-refractivity contribution in [2.45, 2.75) is 12.8 Å². The van der Waals surface area contributed by atoms with E-state index in [1.807, 2.05) is 30.3 Å². The lowest BCUT2D eigenvalue weighted by Gasteiger charge is -2.12. The summed E-state index contributed by atoms with van der Waals surface area (Å²) in [5, 5.41) is 5.57. The number of ether oxygens (including phenoxy) is 1. The normalized spacial score (nSPS) is 10.3. The Morgan fingerprint density at radius 3 is 2.21 bits per heavy atom. The van der Waals surface area contributed by atoms with Crippen molar-refractivity contribution in [3.63, 3.8) is 0 Å². The average Bonchev–Trinajstić information content (AvgIpc) is 2.84. The van der Waals surface area contributed by atoms with Crippen LogP contribution in [0.15, 0.2) is 78.9 Å². The molecule has 2 amide bonds. The Bertz CT molecular complexity index is 1170. The number of hydrogen-bond acceptors (Lipinski definition) is 5. The minimum atomic E-state index is -0.633. The van der Waals surface area contributed by atoms with Crippen molar-refractivity contribution in [3.05, 3.63) is 101 Å². The molecular weight excluding hydrogens is 456 g/mol. The van der Waals surface area contributed by atoms with Gasteiger partial charge in [0, 0.05) is 22.7 Å². The summed E-state index contributed by atoms with van der Waals surface area (Å²) in [5.74, 6) is -1.76. The number of carbonyl (C=O) groups is 4. The van der Waals surface area contributed by atoms with Gasteiger partial charge < -0.3 is 15.4 Å². The third kappa shape index (κ3) is 7.56. The van der Waals surface area contributed by atoms with Crippen LogP contribution < -0.4 is 10.6 Å². The second-order valence-corrected chi connectivity index (χ2v) is 7.79. The van der Waals surface area contributed by atoms with Crippen LogP contribution >= 0.6 is 11.6 Å². The third-order valence-electron chi connectivity index (χ3n) is 4.76. The Kier molecular flexibility index (Phi) is 8.94. The second-order valence-electron chi connectivity index (χ2n) is 7.36. The Morgan fingerprint density at radius 2 is 1.50 bits per heavy atom. The lowest BCUT2D eigenvalue weighted by atomic mass is 10.0. The lowest BCUT2D eigenvalue weighted by molar-refractivity contribution is -0.147. The molecule has 0 unspecified atom stereocenters. The van der Waals surface area contributed by atoms with Crippen LogP contribution in [0.2, 0.25) is 5.02 Å². The zero-order valence-corrected chi connectivity index (χ0v) is 19.0. The van der Waals surface area contributed by atoms with Gasteiger partial charge in [0.2, 0.25) is 5.91 Å². The topological polar surface area (TPSA) is 102 Å². The van der Waals surface area contributed by atoms with E-state index >= 15 is 0 Å². The van der Waals surface area contributed by atoms with Crippen LogP contribution in [-0.2, 0) is 25.5 Å². The van der Waals surface area contributed by atoms with Gasteiger partial charge in [0.1, 0.15) is 0 Å². The van der Waals surface area contributed by atoms with Crippen LogP contribution in [0.4, 0.5) is 5.69 Å². The molecule has 174 valence electrons. The summed E-state index contributed by atoms with van der Waals surface area (Å²) in [5.41, 5.74) is 1.79. The summed E-state index contributed by atoms with van der Waals surface area (Å²) in [7, 11) is 0. The summed E-state index contributed by atoms with van der Waals surface area (Å²) in [6, 6.07) is 22.3. The van der Waals surface area contributed by atoms with Gasteiger partial charge in [-0.25, -0.2) is 0 Å². The first kappa shape index (κ1) is 24.7. The van der Waals surface area contributed by atoms with E-state index in [0.717, 1.165) is 5.56 Å². The minimum absolute atomic E-state index is 0.0769. The fraction of sp³-hybridized carbons (Fsp3) is 0.154. The maximum atomic E-state index is 12.8. The molecule has 0 heterocycles. The molecule has 0 saturated heterocycles. The predicted octanol–water partition coefficient (Wildman–Crippen LogP) is 3.80. The van der Waals surface area contributed by atoms with E-state index in [1.165, 1.54) is 12.1 Å². The van der Waals surface area contributed by atoms with Crippen molar-refractivity contribution >= 4 is 40.9 Å². The highest BCUT2D eigenvalue weighted by atomic mass is 35.5. The van der Waals surface area contributed by atoms with Gasteiger partial charge in [-0.05, 0) is 23.8 Å². The highest BCUT2D eigenvalue weighted by molar-refractivity contribution is 6.31. The number of amides is 2. The molecule has 0 fully saturated rings. The van der Waals surface area contributed by atoms with Crippen molar-refractivity contribution in [1.82, 2.24) is 5.32 Å². The van der Waals surface area contributed by atoms with Crippen LogP contribution in [-0.4, -0.2) is 36.7 Å². The molecule has 0 aromatic heterocycles. The maximum absolute atomic E-state index is 12.8. The molecule has 3 rings (SSSR count). The van der Waals surface area contributed by atoms with E-state index in [9.17, 15) is 19.2 Å². The second kappa shape index (κ2) is 12.3. The standard InChI is InChI=1S/C26H23ClN2O5/c27-20-11-12-22(21(16-20)26(33)19-9-5-2-6-10-19)29-24(31)17-34-25(32)13-14-28-23(30)15-18-7-3-1-4-8-18/h1-12,16H,13-15,17H2,(H,28,30)(H,29,31). The van der Waals surface area contributed by atoms with Crippen molar-refractivity contribution in [2.24, 2.45) is 0 Å². The van der Waals surface area contributed by atoms with Crippen LogP contribution in [0.5, 0.6) is 0 Å². The molecular formula is C26H23ClN2O5. The largest absolute Gasteiger partial charge is 0.456 e. The molecule has 0 aliphatic heterocycles. The number of nitrogens with one attached hydrogen (secondary N) is 2. The molecule has 0 atom stereocenters. The molecule has 0 bridgehead atoms. The molecule has 2 N–H and O–H groups in total. The van der Waals surface area contributed by atoms with Crippen LogP contribution in [0, 0.1) is 0 Å². The van der Waals surface area contributed by atoms with Gasteiger partial charge >= 0.3 is 5.97 Å². The number of halogens is 1. The Balaban J connectivity index is 1.46. The van der Waals surface area contributed by atoms with Crippen molar-refractivity contribution in [2.75, 3.05) is 18.5 Å². The van der Waals surface area contributed by atoms with Crippen molar-refractivity contribution < 1.29 is 23.9 Å². The maximum Gasteiger partial charge on any atom is 0.308 e. The molecule has 7 nitrogen and oxygen atoms in total. The van der Waals surface area contributed by atoms with Gasteiger partial charge in [0.15, 0.2) is 12.4 Å². The van der Waals surface area contributed by atoms with Gasteiger partial charge in [-0.15, -0.1) is 0 Å². The Hall–Kier alpha value is -3.97. The van der Waals surface area contributed by atoms with E-state index < -0.39 is 18.5 Å². The summed E-state index contributed by atoms with van der Waals surface area (Å²) in [4.78, 5) is 49.0. The molecule has 0 radical (unpaired) electrons. The molecule has 0 aliphatic rings. The van der Waals surface area contributed by atoms with Crippen LogP contribution in [0.25, 0.3) is 0 Å². The number of benzene rings is 3. The molecule has 34 heavy (non-hydrogen) atoms. The number of ketones is 1. The highest BCUT2D eigenvalue weighted by Crippen LogP contribution is 2.23. The van der Waals surface area contributed by atoms with E-state index in [4.69, 9.17) is 16.3 Å². The Morgan fingerprint density at radius 1 is 0.824 bits per heavy atom. The number of esters is 1. The first-order valence-electron chi connectivity index (χ1n) is 10.6. The number of rotatable bonds is 10. The number of anilines is 1. The fourth-order valence-corrected chi connectivity index (χ4v) is 3.28. The average molecular weight is 479 g/mol. The van der Waals surface area contributed by atoms with Crippen LogP contribution in [0.3, 0.4) is 0 Å². The summed E-state index contributed by atoms with van der Waals surface area (Å²) in [6.07, 6.45) is 0.135. The first-order chi connectivity index (χ1) is 16.4. The fourth-order valence-electron chi connectivity index (χ4n) is 3.11. The van der Waals surface area contributed by atoms with E-state index in [2.05, 4.69) is 10.6 Å². The zero-order chi connectivity index (χ0) is 24.3. The SMILES string of the molecule is O=C(Cc1ccccc1)NCCC(=O)OCC(=O)Nc1ccc(Cl)cc1C(=O)c1ccccc1. The van der Waals surface area contributed by atoms with Gasteiger partial charge in [-0.3, -0.25) is 19.2 Å². The van der Waals surface area contributed by atoms with E-state index in [0.29, 0.717) is 10.6 Å². The molecule has 3 aromatic rings. The van der Waals surface area contributed by atoms with Crippen molar-refractivity contribution in [1.29, 1.82) is 0 Å². The molecule has 0 saturated carbocycles. The first-order valence-corrected chi connectivity index (χ1v) is 11.0. The predicted molar refractivity (Wildman–Crippen MR) is 129 cm³/mol. The van der Waals surface area contributed by atoms with Gasteiger partial charge in [0.05, 0.1) is 18.5 Å². The summed E-state index contributed by atoms with van der Waals surface area (Å²) < 4.78 is 4.97. The van der Waals surface area contributed by atoms with Gasteiger partial charge in [0.25, 0.3) is 5.91 Å². The van der Waals surface area contributed by atoms with Gasteiger partial charge in [-0.1, -0.05) is 72.3 Å². The zero-order valence-electron chi connectivity index (χ0n) is 18.3. The van der Waals surface area contributed by atoms with Gasteiger partial charge in [-0.2, -0.15) is 0 Å². The molecule has 0 spiro atoms. The number of carbonyl (C=O) groups excluding carboxylic acids is 4. The molecule has 0 aliphatic carbocycles. The monoisotopic (exact) mass is 478 g/mol. The Labute approximate surface area is 202 Å². The van der Waals surface area contributed by atoms with E-state index in [1.54, 1.807) is 36.4 Å². The number of hydrogen-bond donors (Lipinski definition) is 2. The quantitative estimate of drug-likeness (QED) is 0.341. The minimum Gasteiger partial charge on any atom is -0.456 e. The van der Waals surface area contributed by atoms with E-state index in [-0.39, 0.29) is 42.3 Å². The lowest BCUT2D eigenvalue weighted by Crippen LogP contribution is -2.29.